The zero-order chi connectivity index (χ0) is 13.7. The molecule has 0 aliphatic carbocycles. The van der Waals surface area contributed by atoms with Gasteiger partial charge in [-0.05, 0) is 33.3 Å². The average Bonchev–Trinajstić information content (AvgIpc) is 2.65. The molecule has 4 heteroatoms. The lowest BCUT2D eigenvalue weighted by atomic mass is 10.1. The van der Waals surface area contributed by atoms with Crippen molar-refractivity contribution in [1.29, 1.82) is 0 Å². The fraction of sp³-hybridized carbons (Fsp3) is 0.571. The van der Waals surface area contributed by atoms with Crippen LogP contribution in [0.2, 0.25) is 0 Å². The molecule has 1 aromatic heterocycles. The number of Topliss-reactive ketones (excluding diaryl/α,β-unsaturated/α-hetero) is 1. The maximum atomic E-state index is 12.0. The molecule has 0 fully saturated rings. The highest BCUT2D eigenvalue weighted by Crippen LogP contribution is 2.22. The third kappa shape index (κ3) is 4.26. The summed E-state index contributed by atoms with van der Waals surface area (Å²) in [6.07, 6.45) is 1.47. The summed E-state index contributed by atoms with van der Waals surface area (Å²) >= 11 is 1.62. The van der Waals surface area contributed by atoms with Gasteiger partial charge in [0.2, 0.25) is 5.91 Å². The minimum Gasteiger partial charge on any atom is -0.354 e. The van der Waals surface area contributed by atoms with Crippen LogP contribution in [0.15, 0.2) is 6.07 Å². The molecule has 0 saturated heterocycles. The molecule has 1 amide bonds. The van der Waals surface area contributed by atoms with Crippen molar-refractivity contribution in [3.05, 3.63) is 21.4 Å². The number of ketones is 1. The van der Waals surface area contributed by atoms with Crippen LogP contribution in [0.1, 0.15) is 53.2 Å². The summed E-state index contributed by atoms with van der Waals surface area (Å²) in [6.45, 7) is 7.92. The van der Waals surface area contributed by atoms with Crippen molar-refractivity contribution >= 4 is 23.0 Å². The summed E-state index contributed by atoms with van der Waals surface area (Å²) in [5.74, 6) is 0.0263. The number of amides is 1. The van der Waals surface area contributed by atoms with Crippen LogP contribution in [0.4, 0.5) is 0 Å². The minimum absolute atomic E-state index is 0.0395. The molecule has 3 nitrogen and oxygen atoms in total. The normalized spacial score (nSPS) is 12.2. The molecule has 1 N–H and O–H groups in total. The van der Waals surface area contributed by atoms with E-state index < -0.39 is 0 Å². The standard InChI is InChI=1S/C14H21NO2S/c1-5-9(2)15-14(17)7-6-13(16)12-8-10(3)18-11(12)4/h8-9H,5-7H2,1-4H3,(H,15,17)/t9-/m1/s1. The Labute approximate surface area is 113 Å². The van der Waals surface area contributed by atoms with Gasteiger partial charge in [-0.15, -0.1) is 11.3 Å². The van der Waals surface area contributed by atoms with Gasteiger partial charge in [0, 0.05) is 34.2 Å². The van der Waals surface area contributed by atoms with Crippen molar-refractivity contribution in [1.82, 2.24) is 5.32 Å². The second-order valence-corrected chi connectivity index (χ2v) is 6.09. The minimum atomic E-state index is -0.0395. The lowest BCUT2D eigenvalue weighted by molar-refractivity contribution is -0.121. The van der Waals surface area contributed by atoms with Crippen LogP contribution in [-0.2, 0) is 4.79 Å². The van der Waals surface area contributed by atoms with Gasteiger partial charge < -0.3 is 5.32 Å². The van der Waals surface area contributed by atoms with Crippen LogP contribution in [-0.4, -0.2) is 17.7 Å². The van der Waals surface area contributed by atoms with E-state index in [1.807, 2.05) is 33.8 Å². The fourth-order valence-corrected chi connectivity index (χ4v) is 2.66. The first-order valence-electron chi connectivity index (χ1n) is 6.33. The van der Waals surface area contributed by atoms with E-state index in [0.29, 0.717) is 6.42 Å². The van der Waals surface area contributed by atoms with Crippen molar-refractivity contribution in [3.63, 3.8) is 0 Å². The average molecular weight is 267 g/mol. The summed E-state index contributed by atoms with van der Waals surface area (Å²) < 4.78 is 0. The fourth-order valence-electron chi connectivity index (χ4n) is 1.72. The zero-order valence-corrected chi connectivity index (χ0v) is 12.3. The van der Waals surface area contributed by atoms with Crippen molar-refractivity contribution in [3.8, 4) is 0 Å². The number of aryl methyl sites for hydroxylation is 2. The molecular weight excluding hydrogens is 246 g/mol. The second kappa shape index (κ2) is 6.69. The van der Waals surface area contributed by atoms with Crippen LogP contribution in [0.3, 0.4) is 0 Å². The molecule has 0 saturated carbocycles. The van der Waals surface area contributed by atoms with Crippen molar-refractivity contribution < 1.29 is 9.59 Å². The summed E-state index contributed by atoms with van der Waals surface area (Å²) in [5.41, 5.74) is 0.772. The molecule has 0 radical (unpaired) electrons. The van der Waals surface area contributed by atoms with Gasteiger partial charge in [0.25, 0.3) is 0 Å². The molecule has 0 aliphatic heterocycles. The lowest BCUT2D eigenvalue weighted by Gasteiger charge is -2.10. The van der Waals surface area contributed by atoms with Crippen molar-refractivity contribution in [2.75, 3.05) is 0 Å². The molecule has 100 valence electrons. The van der Waals surface area contributed by atoms with Crippen LogP contribution < -0.4 is 5.32 Å². The molecule has 0 unspecified atom stereocenters. The van der Waals surface area contributed by atoms with Crippen LogP contribution in [0.25, 0.3) is 0 Å². The van der Waals surface area contributed by atoms with E-state index in [9.17, 15) is 9.59 Å². The van der Waals surface area contributed by atoms with E-state index in [1.54, 1.807) is 11.3 Å². The Morgan fingerprint density at radius 1 is 1.33 bits per heavy atom. The first-order chi connectivity index (χ1) is 8.43. The van der Waals surface area contributed by atoms with E-state index >= 15 is 0 Å². The third-order valence-electron chi connectivity index (χ3n) is 2.94. The quantitative estimate of drug-likeness (QED) is 0.804. The molecule has 0 aromatic carbocycles. The lowest BCUT2D eigenvalue weighted by Crippen LogP contribution is -2.32. The van der Waals surface area contributed by atoms with Crippen LogP contribution in [0, 0.1) is 13.8 Å². The van der Waals surface area contributed by atoms with E-state index in [-0.39, 0.29) is 24.2 Å². The second-order valence-electron chi connectivity index (χ2n) is 4.63. The Hall–Kier alpha value is -1.16. The van der Waals surface area contributed by atoms with Gasteiger partial charge >= 0.3 is 0 Å². The number of nitrogens with one attached hydrogen (secondary N) is 1. The molecule has 0 spiro atoms. The predicted octanol–water partition coefficient (Wildman–Crippen LogP) is 3.24. The smallest absolute Gasteiger partial charge is 0.220 e. The van der Waals surface area contributed by atoms with E-state index in [4.69, 9.17) is 0 Å². The Bertz CT molecular complexity index is 437. The molecule has 0 bridgehead atoms. The van der Waals surface area contributed by atoms with Crippen molar-refractivity contribution in [2.45, 2.75) is 53.0 Å². The molecule has 1 rings (SSSR count). The number of carbonyl (C=O) groups excluding carboxylic acids is 2. The van der Waals surface area contributed by atoms with Gasteiger partial charge in [-0.2, -0.15) is 0 Å². The predicted molar refractivity (Wildman–Crippen MR) is 75.3 cm³/mol. The SMILES string of the molecule is CC[C@@H](C)NC(=O)CCC(=O)c1cc(C)sc1C. The molecule has 18 heavy (non-hydrogen) atoms. The maximum absolute atomic E-state index is 12.0. The largest absolute Gasteiger partial charge is 0.354 e. The Morgan fingerprint density at radius 2 is 2.00 bits per heavy atom. The number of carbonyl (C=O) groups is 2. The highest BCUT2D eigenvalue weighted by molar-refractivity contribution is 7.12. The summed E-state index contributed by atoms with van der Waals surface area (Å²) in [4.78, 5) is 25.7. The first-order valence-corrected chi connectivity index (χ1v) is 7.15. The summed E-state index contributed by atoms with van der Waals surface area (Å²) in [5, 5.41) is 2.87. The first kappa shape index (κ1) is 14.9. The molecule has 1 aromatic rings. The third-order valence-corrected chi connectivity index (χ3v) is 3.91. The topological polar surface area (TPSA) is 46.2 Å². The van der Waals surface area contributed by atoms with Gasteiger partial charge in [-0.3, -0.25) is 9.59 Å². The molecular formula is C14H21NO2S. The van der Waals surface area contributed by atoms with Crippen molar-refractivity contribution in [2.24, 2.45) is 0 Å². The van der Waals surface area contributed by atoms with Gasteiger partial charge in [0.1, 0.15) is 0 Å². The maximum Gasteiger partial charge on any atom is 0.220 e. The number of rotatable bonds is 6. The highest BCUT2D eigenvalue weighted by atomic mass is 32.1. The van der Waals surface area contributed by atoms with Gasteiger partial charge in [-0.1, -0.05) is 6.92 Å². The number of thiophene rings is 1. The van der Waals surface area contributed by atoms with Crippen LogP contribution in [0.5, 0.6) is 0 Å². The Kier molecular flexibility index (Phi) is 5.54. The summed E-state index contributed by atoms with van der Waals surface area (Å²) in [7, 11) is 0. The monoisotopic (exact) mass is 267 g/mol. The Morgan fingerprint density at radius 3 is 2.50 bits per heavy atom. The molecule has 1 atom stereocenters. The van der Waals surface area contributed by atoms with Gasteiger partial charge in [0.05, 0.1) is 0 Å². The molecule has 1 heterocycles. The highest BCUT2D eigenvalue weighted by Gasteiger charge is 2.14. The Balaban J connectivity index is 2.47. The van der Waals surface area contributed by atoms with E-state index in [0.717, 1.165) is 21.7 Å². The summed E-state index contributed by atoms with van der Waals surface area (Å²) in [6, 6.07) is 2.09. The van der Waals surface area contributed by atoms with E-state index in [2.05, 4.69) is 5.32 Å². The van der Waals surface area contributed by atoms with E-state index in [1.165, 1.54) is 0 Å². The number of hydrogen-bond acceptors (Lipinski definition) is 3. The molecule has 0 aliphatic rings. The van der Waals surface area contributed by atoms with Crippen LogP contribution >= 0.6 is 11.3 Å². The van der Waals surface area contributed by atoms with Gasteiger partial charge in [0.15, 0.2) is 5.78 Å². The number of hydrogen-bond donors (Lipinski definition) is 1. The van der Waals surface area contributed by atoms with Gasteiger partial charge in [-0.25, -0.2) is 0 Å². The zero-order valence-electron chi connectivity index (χ0n) is 11.5.